The number of hydrogen-bond acceptors (Lipinski definition) is 30. The topological polar surface area (TPSA) is 534 Å². The molecule has 42 heteroatoms. The number of carboxylic acid groups (broad SMARTS) is 1. The Hall–Kier alpha value is -1.21. The van der Waals surface area contributed by atoms with Gasteiger partial charge in [0.05, 0.1) is 49.3 Å². The number of hydrogen-bond donors (Lipinski definition) is 8. The molecule has 0 radical (unpaired) electrons. The molecular weight excluding hydrogens is 1320 g/mol. The molecule has 91 heavy (non-hydrogen) atoms. The fourth-order valence-corrected chi connectivity index (χ4v) is 11.4. The monoisotopic (exact) mass is 1390 g/mol. The zero-order valence-electron chi connectivity index (χ0n) is 50.8. The van der Waals surface area contributed by atoms with E-state index in [1.54, 1.807) is 36.5 Å². The minimum atomic E-state index is -5.31. The fourth-order valence-electron chi connectivity index (χ4n) is 10.6. The maximum atomic E-state index is 14.6. The standard InChI is InChI=1S/C49H71N8O23S2.4Na.H2O4S/c1-26-39(61)41(63)42(64)48(76-26)80-43-33(57-21-31(52-55-57)29-13-8-5-9-14-29)18-30(34(60)15-10-16-50-45(65)32-20-56(54-53-32)23-49(3,24-74-81(68,69)70)25-75-82(71,72)73)19-35(43)78-47-38(51-27(2)59)44(40(62)37(22-58)79-47)77-36(46(66)67)17-28-11-6-4-7-12-28;;;;;1-5(2,3)4/h5,8-9,13-14,20-21,26,28,30,33,35-44,47-48,58,61-64H,3-4,6-7,10-12,15-19,22-25H2,1-2H3,(H,50,65)(H,51,59)(H,66,67)(H,68,69,70)(H,71,72,73);;;;;(H2,1,2,3,4)/q-1;4*+1;/p-4/t26?,30?,33?,35-,36+,37+,38?,39-,40+,41+,42?,43-,44?,47-,48+;;;;;/m1...../s1. The number of ketones is 1. The van der Waals surface area contributed by atoms with Gasteiger partial charge in [0.15, 0.2) is 18.3 Å². The van der Waals surface area contributed by atoms with E-state index in [4.69, 9.17) is 41.2 Å². The first-order chi connectivity index (χ1) is 40.7. The first kappa shape index (κ1) is 85.9. The molecule has 4 aliphatic rings. The molecule has 2 saturated heterocycles. The van der Waals surface area contributed by atoms with Crippen molar-refractivity contribution in [1.82, 2.24) is 40.6 Å². The van der Waals surface area contributed by atoms with Crippen LogP contribution < -0.4 is 134 Å². The molecule has 35 nitrogen and oxygen atoms in total. The normalized spacial score (nSPS) is 27.6. The number of benzene rings is 1. The number of carbonyl (C=O) groups excluding carboxylic acids is 4. The summed E-state index contributed by atoms with van der Waals surface area (Å²) in [6, 6.07) is 6.32. The number of amides is 2. The average Bonchev–Trinajstić information content (AvgIpc) is 1.75. The van der Waals surface area contributed by atoms with E-state index in [0.29, 0.717) is 11.3 Å². The van der Waals surface area contributed by atoms with Crippen LogP contribution in [0.1, 0.15) is 94.6 Å². The molecule has 4 heterocycles. The zero-order chi connectivity index (χ0) is 64.2. The van der Waals surface area contributed by atoms with Gasteiger partial charge in [-0.25, -0.2) is 29.9 Å². The van der Waals surface area contributed by atoms with Crippen molar-refractivity contribution in [2.45, 2.75) is 170 Å². The van der Waals surface area contributed by atoms with Crippen molar-refractivity contribution in [2.75, 3.05) is 26.4 Å². The van der Waals surface area contributed by atoms with E-state index in [9.17, 15) is 75.8 Å². The van der Waals surface area contributed by atoms with Gasteiger partial charge in [0.2, 0.25) is 37.1 Å². The first-order valence-corrected chi connectivity index (χ1v) is 31.3. The Morgan fingerprint density at radius 2 is 1.43 bits per heavy atom. The van der Waals surface area contributed by atoms with Crippen LogP contribution >= 0.6 is 0 Å². The summed E-state index contributed by atoms with van der Waals surface area (Å²) >= 11 is 0. The number of carboxylic acids is 1. The molecule has 490 valence electrons. The molecule has 2 amide bonds. The van der Waals surface area contributed by atoms with E-state index in [2.05, 4.69) is 46.5 Å². The summed E-state index contributed by atoms with van der Waals surface area (Å²) in [7, 11) is -15.5. The van der Waals surface area contributed by atoms with Crippen molar-refractivity contribution >= 4 is 54.8 Å². The Labute approximate surface area is 613 Å². The molecule has 0 spiro atoms. The van der Waals surface area contributed by atoms with E-state index in [0.717, 1.165) is 49.9 Å². The second-order valence-corrected chi connectivity index (χ2v) is 24.6. The predicted octanol–water partition coefficient (Wildman–Crippen LogP) is -16.3. The fraction of sp³-hybridized carbons (Fsp3) is 0.694. The molecule has 2 aromatic heterocycles. The van der Waals surface area contributed by atoms with Crippen molar-refractivity contribution in [1.29, 1.82) is 0 Å². The van der Waals surface area contributed by atoms with Crippen molar-refractivity contribution < 1.29 is 244 Å². The van der Waals surface area contributed by atoms with E-state index in [1.165, 1.54) is 11.6 Å². The van der Waals surface area contributed by atoms with E-state index >= 15 is 0 Å². The van der Waals surface area contributed by atoms with Crippen LogP contribution in [0.3, 0.4) is 0 Å². The summed E-state index contributed by atoms with van der Waals surface area (Å²) in [6.07, 6.45) is -12.5. The number of Topliss-reactive ketones (excluding diaryl/α,β-unsaturated/α-hetero) is 1. The van der Waals surface area contributed by atoms with Gasteiger partial charge >= 0.3 is 118 Å². The minimum absolute atomic E-state index is 0. The average molecular weight is 1390 g/mol. The molecule has 15 atom stereocenters. The van der Waals surface area contributed by atoms with Crippen LogP contribution in [-0.4, -0.2) is 229 Å². The quantitative estimate of drug-likeness (QED) is 0.0115. The summed E-state index contributed by atoms with van der Waals surface area (Å²) < 4.78 is 142. The van der Waals surface area contributed by atoms with Gasteiger partial charge in [0, 0.05) is 51.1 Å². The van der Waals surface area contributed by atoms with E-state index in [1.807, 2.05) is 0 Å². The van der Waals surface area contributed by atoms with Crippen molar-refractivity contribution in [3.63, 3.8) is 0 Å². The molecule has 4 fully saturated rings. The first-order valence-electron chi connectivity index (χ1n) is 27.2. The van der Waals surface area contributed by atoms with Crippen LogP contribution in [-0.2, 0) is 84.2 Å². The Morgan fingerprint density at radius 3 is 2.00 bits per heavy atom. The van der Waals surface area contributed by atoms with Crippen LogP contribution in [0.25, 0.3) is 11.3 Å². The number of aliphatic hydroxyl groups excluding tert-OH is 5. The largest absolute Gasteiger partial charge is 1.00 e. The number of aliphatic carboxylic acids is 1. The number of aliphatic hydroxyl groups is 5. The minimum Gasteiger partial charge on any atom is -0.726 e. The summed E-state index contributed by atoms with van der Waals surface area (Å²) in [5.41, 5.74) is -1.22. The van der Waals surface area contributed by atoms with Crippen LogP contribution in [0.2, 0.25) is 0 Å². The number of ether oxygens (including phenoxy) is 5. The third kappa shape index (κ3) is 27.2. The van der Waals surface area contributed by atoms with Crippen molar-refractivity contribution in [3.05, 3.63) is 55.3 Å². The van der Waals surface area contributed by atoms with Crippen molar-refractivity contribution in [2.24, 2.45) is 17.3 Å². The summed E-state index contributed by atoms with van der Waals surface area (Å²) in [5.74, 6) is -4.49. The van der Waals surface area contributed by atoms with E-state index < -0.39 is 172 Å². The second-order valence-electron chi connectivity index (χ2n) is 21.6. The predicted molar refractivity (Wildman–Crippen MR) is 282 cm³/mol. The maximum absolute atomic E-state index is 14.6. The number of nitrogens with one attached hydrogen (secondary N) is 2. The molecule has 2 saturated carbocycles. The smallest absolute Gasteiger partial charge is 0.726 e. The van der Waals surface area contributed by atoms with Gasteiger partial charge in [0.25, 0.3) is 5.91 Å². The third-order valence-corrected chi connectivity index (χ3v) is 15.6. The zero-order valence-corrected chi connectivity index (χ0v) is 61.2. The van der Waals surface area contributed by atoms with Crippen LogP contribution in [0.4, 0.5) is 0 Å². The molecule has 0 bridgehead atoms. The van der Waals surface area contributed by atoms with Crippen molar-refractivity contribution in [3.8, 4) is 11.3 Å². The molecule has 6 unspecified atom stereocenters. The Kier molecular flexibility index (Phi) is 36.6. The van der Waals surface area contributed by atoms with Gasteiger partial charge in [-0.1, -0.05) is 78.3 Å². The number of nitrogens with zero attached hydrogens (tertiary/aromatic N) is 6. The molecule has 2 aliphatic heterocycles. The third-order valence-electron chi connectivity index (χ3n) is 14.8. The van der Waals surface area contributed by atoms with Gasteiger partial charge in [-0.15, -0.1) is 10.2 Å². The number of aromatic nitrogens is 6. The van der Waals surface area contributed by atoms with E-state index in [-0.39, 0.29) is 174 Å². The molecule has 2 aliphatic carbocycles. The van der Waals surface area contributed by atoms with Gasteiger partial charge in [-0.2, -0.15) is 0 Å². The van der Waals surface area contributed by atoms with Crippen LogP contribution in [0.5, 0.6) is 0 Å². The molecule has 1 aromatic carbocycles. The van der Waals surface area contributed by atoms with Gasteiger partial charge in [0.1, 0.15) is 60.2 Å². The van der Waals surface area contributed by atoms with Crippen LogP contribution in [0.15, 0.2) is 42.7 Å². The van der Waals surface area contributed by atoms with Crippen LogP contribution in [0, 0.1) is 24.2 Å². The Balaban J connectivity index is 0.00000301. The van der Waals surface area contributed by atoms with Gasteiger partial charge in [-0.05, 0) is 38.5 Å². The summed E-state index contributed by atoms with van der Waals surface area (Å²) in [5, 5.41) is 89.3. The SMILES string of the molecule is O=S(=O)([O-])O.[CH2-]C(COS(=O)(=O)[O-])(COS(=O)(=O)[O-])Cn1cc(C(=O)NCCCC(=O)C2CC(n3cc(-c4ccccc4)nn3)[C@@H](O[C@@H]3OC(C)[C@@H](O)[C@H](O)C3O)[C@H](O[C@@H]3O[C@@H](CO)[C@H](O)C(O[C@@H](CC4CCCCC4)C(=O)[O-])C3NC(C)=O)C2)nn1.[Na+].[Na+].[Na+].[Na+]. The Bertz CT molecular complexity index is 3080. The molecule has 8 N–H and O–H groups in total. The summed E-state index contributed by atoms with van der Waals surface area (Å²) in [6.45, 7) is 2.51. The molecule has 3 aromatic rings. The second kappa shape index (κ2) is 38.8. The molecular formula is C49H69N8Na4O27S3-. The number of rotatable bonds is 27. The van der Waals surface area contributed by atoms with Gasteiger partial charge in [-0.3, -0.25) is 32.0 Å². The number of carbonyl (C=O) groups is 4. The Morgan fingerprint density at radius 1 is 0.813 bits per heavy atom. The van der Waals surface area contributed by atoms with Gasteiger partial charge < -0.3 is 90.3 Å². The maximum Gasteiger partial charge on any atom is 1.00 e. The summed E-state index contributed by atoms with van der Waals surface area (Å²) in [4.78, 5) is 53.5. The molecule has 7 rings (SSSR count).